The number of quaternary nitrogens is 1. The molecule has 3 N–H and O–H groups in total. The number of piperidine rings is 1. The smallest absolute Gasteiger partial charge is 0.259 e. The topological polar surface area (TPSA) is 90.6 Å². The molecule has 154 valence electrons. The van der Waals surface area contributed by atoms with Crippen LogP contribution in [-0.4, -0.2) is 39.9 Å². The summed E-state index contributed by atoms with van der Waals surface area (Å²) in [6, 6.07) is 8.79. The molecule has 0 bridgehead atoms. The van der Waals surface area contributed by atoms with Gasteiger partial charge in [-0.25, -0.2) is 5.21 Å². The first-order valence-electron chi connectivity index (χ1n) is 9.44. The van der Waals surface area contributed by atoms with Crippen LogP contribution in [0.5, 0.6) is 0 Å². The molecule has 2 aliphatic heterocycles. The summed E-state index contributed by atoms with van der Waals surface area (Å²) in [5, 5.41) is 9.42. The largest absolute Gasteiger partial charge is 0.472 e. The summed E-state index contributed by atoms with van der Waals surface area (Å²) >= 11 is 6.09. The molecule has 1 unspecified atom stereocenters. The van der Waals surface area contributed by atoms with Gasteiger partial charge in [0.05, 0.1) is 11.8 Å². The number of carbonyl (C=O) groups excluding carboxylic acids is 2. The van der Waals surface area contributed by atoms with Crippen molar-refractivity contribution in [2.24, 2.45) is 0 Å². The third-order valence-corrected chi connectivity index (χ3v) is 5.79. The number of benzene rings is 1. The van der Waals surface area contributed by atoms with Gasteiger partial charge in [0.25, 0.3) is 11.8 Å². The van der Waals surface area contributed by atoms with Crippen LogP contribution in [-0.2, 0) is 10.5 Å². The standard InChI is InChI=1S/C22H20ClN3O4/c1-15-13-22(17-4-6-18(23)7-5-17)25(20(27)16-8-12-30-14-16)10-11-26(22)21(28)19(15)3-2-9-24-29/h2-9,12,14,24,29H,1,10-11,13H2/p+1. The summed E-state index contributed by atoms with van der Waals surface area (Å²) in [5.74, 6) is -0.435. The van der Waals surface area contributed by atoms with E-state index < -0.39 is 5.66 Å². The first-order chi connectivity index (χ1) is 14.5. The Morgan fingerprint density at radius 2 is 2.03 bits per heavy atom. The Morgan fingerprint density at radius 1 is 1.27 bits per heavy atom. The number of amides is 2. The van der Waals surface area contributed by atoms with Crippen molar-refractivity contribution in [3.8, 4) is 0 Å². The molecular formula is C22H21ClN3O4+. The van der Waals surface area contributed by atoms with E-state index in [1.807, 2.05) is 12.1 Å². The Kier molecular flexibility index (Phi) is 5.34. The van der Waals surface area contributed by atoms with Gasteiger partial charge in [-0.1, -0.05) is 30.3 Å². The Balaban J connectivity index is 1.83. The van der Waals surface area contributed by atoms with Gasteiger partial charge in [0, 0.05) is 30.1 Å². The summed E-state index contributed by atoms with van der Waals surface area (Å²) in [6.45, 7) is 4.88. The second-order valence-electron chi connectivity index (χ2n) is 7.14. The summed E-state index contributed by atoms with van der Waals surface area (Å²) in [6.07, 6.45) is 7.84. The predicted octanol–water partition coefficient (Wildman–Crippen LogP) is 2.42. The third-order valence-electron chi connectivity index (χ3n) is 5.54. The number of carbonyl (C=O) groups is 2. The van der Waals surface area contributed by atoms with Crippen molar-refractivity contribution >= 4 is 23.4 Å². The van der Waals surface area contributed by atoms with Crippen molar-refractivity contribution in [3.63, 3.8) is 0 Å². The van der Waals surface area contributed by atoms with Crippen LogP contribution in [0.2, 0.25) is 5.02 Å². The molecule has 1 atom stereocenters. The van der Waals surface area contributed by atoms with Crippen LogP contribution in [0.4, 0.5) is 0 Å². The van der Waals surface area contributed by atoms with E-state index in [2.05, 4.69) is 6.58 Å². The lowest BCUT2D eigenvalue weighted by atomic mass is 9.82. The first-order valence-corrected chi connectivity index (χ1v) is 9.81. The maximum Gasteiger partial charge on any atom is 0.259 e. The monoisotopic (exact) mass is 426 g/mol. The quantitative estimate of drug-likeness (QED) is 0.580. The van der Waals surface area contributed by atoms with Gasteiger partial charge >= 0.3 is 0 Å². The van der Waals surface area contributed by atoms with Gasteiger partial charge in [-0.15, -0.1) is 0 Å². The molecule has 2 aromatic rings. The molecule has 2 saturated heterocycles. The highest BCUT2D eigenvalue weighted by molar-refractivity contribution is 6.30. The lowest BCUT2D eigenvalue weighted by Crippen LogP contribution is -2.73. The van der Waals surface area contributed by atoms with Crippen molar-refractivity contribution in [2.75, 3.05) is 13.1 Å². The van der Waals surface area contributed by atoms with Crippen LogP contribution < -0.4 is 5.48 Å². The second kappa shape index (κ2) is 7.95. The molecule has 1 aromatic heterocycles. The van der Waals surface area contributed by atoms with Gasteiger partial charge in [-0.05, 0) is 41.5 Å². The Bertz CT molecular complexity index is 1040. The van der Waals surface area contributed by atoms with E-state index in [1.54, 1.807) is 40.2 Å². The molecule has 2 fully saturated rings. The number of hydroxylamine groups is 1. The minimum absolute atomic E-state index is 0.216. The minimum Gasteiger partial charge on any atom is -0.472 e. The number of halogens is 1. The first kappa shape index (κ1) is 20.2. The van der Waals surface area contributed by atoms with Crippen LogP contribution in [0.25, 0.3) is 0 Å². The molecule has 8 heteroatoms. The van der Waals surface area contributed by atoms with Crippen LogP contribution in [0, 0.1) is 0 Å². The summed E-state index contributed by atoms with van der Waals surface area (Å²) in [7, 11) is 0. The molecule has 0 aliphatic carbocycles. The lowest BCUT2D eigenvalue weighted by Gasteiger charge is -2.48. The zero-order valence-electron chi connectivity index (χ0n) is 16.1. The predicted molar refractivity (Wildman–Crippen MR) is 109 cm³/mol. The lowest BCUT2D eigenvalue weighted by molar-refractivity contribution is -0.838. The number of fused-ring (bicyclic) bond motifs is 1. The highest BCUT2D eigenvalue weighted by Crippen LogP contribution is 2.48. The van der Waals surface area contributed by atoms with E-state index in [0.29, 0.717) is 41.2 Å². The van der Waals surface area contributed by atoms with Crippen molar-refractivity contribution in [2.45, 2.75) is 12.1 Å². The molecule has 4 rings (SSSR count). The molecule has 1 aromatic carbocycles. The average molecular weight is 427 g/mol. The van der Waals surface area contributed by atoms with Gasteiger partial charge in [-0.2, -0.15) is 5.48 Å². The average Bonchev–Trinajstić information content (AvgIpc) is 3.39. The fourth-order valence-corrected chi connectivity index (χ4v) is 4.32. The molecule has 0 radical (unpaired) electrons. The van der Waals surface area contributed by atoms with Crippen molar-refractivity contribution in [1.29, 1.82) is 0 Å². The Labute approximate surface area is 178 Å². The third kappa shape index (κ3) is 3.17. The molecule has 0 spiro atoms. The van der Waals surface area contributed by atoms with E-state index in [9.17, 15) is 9.59 Å². The Morgan fingerprint density at radius 3 is 2.70 bits per heavy atom. The maximum absolute atomic E-state index is 13.4. The number of nitrogens with two attached hydrogens (primary N) is 1. The SMILES string of the molecule is C=C1CC2(c3ccc(Cl)cc3)N(CCN2C(=O)c2ccoc2)C(=O)C1=CC=C[NH2+]O. The van der Waals surface area contributed by atoms with Gasteiger partial charge in [0.2, 0.25) is 0 Å². The number of furan rings is 1. The van der Waals surface area contributed by atoms with E-state index in [0.717, 1.165) is 11.0 Å². The van der Waals surface area contributed by atoms with Crippen molar-refractivity contribution < 1.29 is 24.7 Å². The number of hydrogen-bond acceptors (Lipinski definition) is 4. The van der Waals surface area contributed by atoms with E-state index >= 15 is 0 Å². The van der Waals surface area contributed by atoms with Crippen molar-refractivity contribution in [1.82, 2.24) is 9.80 Å². The molecule has 3 heterocycles. The van der Waals surface area contributed by atoms with E-state index in [4.69, 9.17) is 21.2 Å². The maximum atomic E-state index is 13.4. The number of rotatable bonds is 4. The van der Waals surface area contributed by atoms with Crippen LogP contribution in [0.1, 0.15) is 22.3 Å². The molecule has 0 saturated carbocycles. The minimum atomic E-state index is -1.00. The van der Waals surface area contributed by atoms with E-state index in [1.165, 1.54) is 18.7 Å². The number of hydrogen-bond donors (Lipinski definition) is 2. The highest BCUT2D eigenvalue weighted by atomic mass is 35.5. The van der Waals surface area contributed by atoms with Crippen LogP contribution in [0.15, 0.2) is 83.4 Å². The normalized spacial score (nSPS) is 22.9. The highest BCUT2D eigenvalue weighted by Gasteiger charge is 2.56. The Hall–Kier alpha value is -3.13. The molecule has 30 heavy (non-hydrogen) atoms. The van der Waals surface area contributed by atoms with Gasteiger partial charge < -0.3 is 14.2 Å². The molecule has 2 amide bonds. The molecule has 2 aliphatic rings. The zero-order chi connectivity index (χ0) is 21.3. The van der Waals surface area contributed by atoms with Gasteiger partial charge in [0.15, 0.2) is 0 Å². The van der Waals surface area contributed by atoms with Gasteiger partial charge in [-0.3, -0.25) is 9.59 Å². The van der Waals surface area contributed by atoms with E-state index in [-0.39, 0.29) is 11.8 Å². The second-order valence-corrected chi connectivity index (χ2v) is 7.58. The van der Waals surface area contributed by atoms with Crippen LogP contribution >= 0.6 is 11.6 Å². The fourth-order valence-electron chi connectivity index (χ4n) is 4.20. The molecule has 7 nitrogen and oxygen atoms in total. The summed E-state index contributed by atoms with van der Waals surface area (Å²) < 4.78 is 5.10. The summed E-state index contributed by atoms with van der Waals surface area (Å²) in [5.41, 5.74) is 2.17. The number of allylic oxidation sites excluding steroid dienone is 2. The fraction of sp³-hybridized carbons (Fsp3) is 0.182. The van der Waals surface area contributed by atoms with Gasteiger partial charge in [0.1, 0.15) is 18.1 Å². The summed E-state index contributed by atoms with van der Waals surface area (Å²) in [4.78, 5) is 30.2. The van der Waals surface area contributed by atoms with Crippen LogP contribution in [0.3, 0.4) is 0 Å². The zero-order valence-corrected chi connectivity index (χ0v) is 16.9. The molecular weight excluding hydrogens is 406 g/mol. The van der Waals surface area contributed by atoms with Crippen molar-refractivity contribution in [3.05, 3.63) is 95.1 Å². The number of nitrogens with zero attached hydrogens (tertiary/aromatic N) is 2.